The monoisotopic (exact) mass is 547 g/mol. The maximum absolute atomic E-state index is 12.5. The van der Waals surface area contributed by atoms with E-state index >= 15 is 0 Å². The summed E-state index contributed by atoms with van der Waals surface area (Å²) >= 11 is 0. The highest BCUT2D eigenvalue weighted by atomic mass is 32.2. The molecule has 0 spiro atoms. The van der Waals surface area contributed by atoms with Crippen LogP contribution in [0, 0.1) is 5.92 Å². The quantitative estimate of drug-likeness (QED) is 0.188. The van der Waals surface area contributed by atoms with Gasteiger partial charge in [-0.2, -0.15) is 0 Å². The topological polar surface area (TPSA) is 130 Å². The lowest BCUT2D eigenvalue weighted by Crippen LogP contribution is -2.66. The molecule has 3 N–H and O–H groups in total. The normalized spacial score (nSPS) is 14.3. The fourth-order valence-corrected chi connectivity index (χ4v) is 9.19. The van der Waals surface area contributed by atoms with Gasteiger partial charge in [-0.25, -0.2) is 13.1 Å². The second-order valence-corrected chi connectivity index (χ2v) is 15.5. The standard InChI is InChI=1S/C27H37NO7SSi/c1-5-12-21(24(28-36(4,32)33)20-35-26(31)18-17-25(29)30)19-27(2,3)37(34,22-13-8-6-9-14-22)23-15-10-7-11-16-23/h5-16,21,24,28,34H,17-20H2,1-4H3,(H,29,30)/b12-5+/t21-,24-/m0/s1. The van der Waals surface area contributed by atoms with Gasteiger partial charge in [-0.1, -0.05) is 86.7 Å². The summed E-state index contributed by atoms with van der Waals surface area (Å²) in [6.45, 7) is 5.50. The Bertz CT molecular complexity index is 1130. The zero-order valence-electron chi connectivity index (χ0n) is 21.8. The Balaban J connectivity index is 2.45. The SMILES string of the molecule is C/C=C/[C@@H](CC(C)(C)[Si](O)(c1ccccc1)c1ccccc1)[C@H](COC(=O)CCC(=O)O)NS(C)(=O)=O. The lowest BCUT2D eigenvalue weighted by molar-refractivity contribution is -0.148. The number of esters is 1. The fraction of sp³-hybridized carbons (Fsp3) is 0.407. The van der Waals surface area contributed by atoms with E-state index in [2.05, 4.69) is 4.72 Å². The van der Waals surface area contributed by atoms with E-state index in [4.69, 9.17) is 9.84 Å². The van der Waals surface area contributed by atoms with Crippen LogP contribution in [-0.2, 0) is 24.3 Å². The van der Waals surface area contributed by atoms with E-state index in [1.807, 2.05) is 87.5 Å². The number of carboxylic acid groups (broad SMARTS) is 1. The molecule has 0 radical (unpaired) electrons. The Morgan fingerprint density at radius 3 is 1.97 bits per heavy atom. The van der Waals surface area contributed by atoms with Crippen molar-refractivity contribution in [2.45, 2.75) is 51.1 Å². The van der Waals surface area contributed by atoms with Gasteiger partial charge in [0.15, 0.2) is 0 Å². The third-order valence-corrected chi connectivity index (χ3v) is 11.6. The number of allylic oxidation sites excluding steroid dienone is 1. The van der Waals surface area contributed by atoms with Gasteiger partial charge in [0.05, 0.1) is 25.1 Å². The first-order valence-electron chi connectivity index (χ1n) is 12.1. The molecule has 0 aliphatic heterocycles. The van der Waals surface area contributed by atoms with Gasteiger partial charge < -0.3 is 14.6 Å². The molecule has 0 saturated heterocycles. The number of sulfonamides is 1. The first-order chi connectivity index (χ1) is 17.3. The van der Waals surface area contributed by atoms with Crippen LogP contribution in [0.4, 0.5) is 0 Å². The van der Waals surface area contributed by atoms with Crippen LogP contribution in [0.5, 0.6) is 0 Å². The summed E-state index contributed by atoms with van der Waals surface area (Å²) in [4.78, 5) is 35.4. The van der Waals surface area contributed by atoms with Crippen molar-refractivity contribution in [2.24, 2.45) is 5.92 Å². The minimum absolute atomic E-state index is 0.271. The van der Waals surface area contributed by atoms with Crippen LogP contribution in [0.1, 0.15) is 40.0 Å². The number of hydrogen-bond donors (Lipinski definition) is 3. The number of carboxylic acids is 1. The number of carbonyl (C=O) groups excluding carboxylic acids is 1. The van der Waals surface area contributed by atoms with Crippen molar-refractivity contribution in [3.05, 3.63) is 72.8 Å². The van der Waals surface area contributed by atoms with Crippen LogP contribution in [0.15, 0.2) is 72.8 Å². The van der Waals surface area contributed by atoms with E-state index in [1.165, 1.54) is 0 Å². The van der Waals surface area contributed by atoms with Crippen LogP contribution < -0.4 is 15.1 Å². The molecule has 0 aromatic heterocycles. The molecule has 0 fully saturated rings. The molecule has 2 aromatic carbocycles. The van der Waals surface area contributed by atoms with Gasteiger partial charge in [-0.15, -0.1) is 0 Å². The summed E-state index contributed by atoms with van der Waals surface area (Å²) in [5.74, 6) is -2.28. The maximum Gasteiger partial charge on any atom is 0.306 e. The molecule has 2 rings (SSSR count). The number of nitrogens with one attached hydrogen (secondary N) is 1. The van der Waals surface area contributed by atoms with Crippen molar-refractivity contribution in [3.8, 4) is 0 Å². The van der Waals surface area contributed by atoms with Crippen molar-refractivity contribution >= 4 is 40.7 Å². The summed E-state index contributed by atoms with van der Waals surface area (Å²) in [7, 11) is -7.06. The molecule has 0 bridgehead atoms. The number of aliphatic carboxylic acids is 1. The average molecular weight is 548 g/mol. The van der Waals surface area contributed by atoms with Gasteiger partial charge in [0.1, 0.15) is 6.61 Å². The molecule has 2 atom stereocenters. The molecule has 0 aliphatic rings. The number of ether oxygens (including phenoxy) is 1. The summed E-state index contributed by atoms with van der Waals surface area (Å²) in [6, 6.07) is 18.2. The van der Waals surface area contributed by atoms with Gasteiger partial charge in [0.2, 0.25) is 10.0 Å². The highest BCUT2D eigenvalue weighted by Gasteiger charge is 2.51. The van der Waals surface area contributed by atoms with Gasteiger partial charge in [-0.3, -0.25) is 9.59 Å². The van der Waals surface area contributed by atoms with E-state index in [0.717, 1.165) is 16.6 Å². The molecule has 0 aliphatic carbocycles. The van der Waals surface area contributed by atoms with E-state index in [0.29, 0.717) is 6.42 Å². The van der Waals surface area contributed by atoms with Gasteiger partial charge in [0.25, 0.3) is 8.32 Å². The zero-order chi connectivity index (χ0) is 27.7. The van der Waals surface area contributed by atoms with E-state index in [9.17, 15) is 22.8 Å². The molecular weight excluding hydrogens is 510 g/mol. The van der Waals surface area contributed by atoms with Crippen molar-refractivity contribution in [1.29, 1.82) is 0 Å². The Morgan fingerprint density at radius 1 is 1.03 bits per heavy atom. The third kappa shape index (κ3) is 8.63. The molecule has 0 heterocycles. The number of carbonyl (C=O) groups is 2. The number of hydrogen-bond acceptors (Lipinski definition) is 6. The number of rotatable bonds is 14. The molecular formula is C27H37NO7SSi. The largest absolute Gasteiger partial charge is 0.481 e. The van der Waals surface area contributed by atoms with Gasteiger partial charge in [0, 0.05) is 0 Å². The average Bonchev–Trinajstić information content (AvgIpc) is 2.84. The lowest BCUT2D eigenvalue weighted by Gasteiger charge is -2.43. The fourth-order valence-electron chi connectivity index (χ4n) is 4.62. The van der Waals surface area contributed by atoms with Crippen LogP contribution in [0.3, 0.4) is 0 Å². The smallest absolute Gasteiger partial charge is 0.306 e. The first kappa shape index (κ1) is 30.4. The highest BCUT2D eigenvalue weighted by Crippen LogP contribution is 2.42. The van der Waals surface area contributed by atoms with Crippen LogP contribution >= 0.6 is 0 Å². The van der Waals surface area contributed by atoms with Crippen LogP contribution in [0.25, 0.3) is 0 Å². The molecule has 2 aromatic rings. The Morgan fingerprint density at radius 2 is 1.54 bits per heavy atom. The Labute approximate surface area is 220 Å². The predicted molar refractivity (Wildman–Crippen MR) is 147 cm³/mol. The molecule has 0 unspecified atom stereocenters. The second kappa shape index (κ2) is 13.1. The molecule has 37 heavy (non-hydrogen) atoms. The molecule has 0 amide bonds. The summed E-state index contributed by atoms with van der Waals surface area (Å²) in [6.07, 6.45) is 4.37. The lowest BCUT2D eigenvalue weighted by atomic mass is 9.90. The summed E-state index contributed by atoms with van der Waals surface area (Å²) in [5, 5.41) is 9.79. The molecule has 8 nitrogen and oxygen atoms in total. The van der Waals surface area contributed by atoms with Crippen LogP contribution in [-0.4, -0.2) is 57.5 Å². The second-order valence-electron chi connectivity index (χ2n) is 9.79. The molecule has 202 valence electrons. The van der Waals surface area contributed by atoms with Crippen molar-refractivity contribution in [1.82, 2.24) is 4.72 Å². The van der Waals surface area contributed by atoms with Crippen molar-refractivity contribution in [2.75, 3.05) is 12.9 Å². The molecule has 10 heteroatoms. The highest BCUT2D eigenvalue weighted by molar-refractivity contribution is 7.88. The van der Waals surface area contributed by atoms with E-state index in [-0.39, 0.29) is 19.4 Å². The van der Waals surface area contributed by atoms with Gasteiger partial charge >= 0.3 is 11.9 Å². The Hall–Kier alpha value is -2.79. The summed E-state index contributed by atoms with van der Waals surface area (Å²) in [5.41, 5.74) is 0. The summed E-state index contributed by atoms with van der Waals surface area (Å²) < 4.78 is 32.3. The minimum Gasteiger partial charge on any atom is -0.481 e. The van der Waals surface area contributed by atoms with E-state index in [1.54, 1.807) is 6.08 Å². The molecule has 0 saturated carbocycles. The minimum atomic E-state index is -3.68. The van der Waals surface area contributed by atoms with Gasteiger partial charge in [-0.05, 0) is 34.7 Å². The zero-order valence-corrected chi connectivity index (χ0v) is 23.6. The Kier molecular flexibility index (Phi) is 10.8. The predicted octanol–water partition coefficient (Wildman–Crippen LogP) is 2.43. The first-order valence-corrected chi connectivity index (χ1v) is 15.9. The van der Waals surface area contributed by atoms with E-state index < -0.39 is 47.3 Å². The third-order valence-electron chi connectivity index (χ3n) is 6.40. The van der Waals surface area contributed by atoms with Crippen molar-refractivity contribution < 1.29 is 32.6 Å². The maximum atomic E-state index is 12.5. The number of benzene rings is 2. The van der Waals surface area contributed by atoms with Crippen LogP contribution in [0.2, 0.25) is 5.04 Å². The van der Waals surface area contributed by atoms with Crippen molar-refractivity contribution in [3.63, 3.8) is 0 Å².